The maximum atomic E-state index is 12.4. The van der Waals surface area contributed by atoms with Crippen LogP contribution in [0.25, 0.3) is 6.08 Å². The van der Waals surface area contributed by atoms with Crippen molar-refractivity contribution < 1.29 is 9.53 Å². The molecule has 0 saturated heterocycles. The quantitative estimate of drug-likeness (QED) is 0.686. The third-order valence-corrected chi connectivity index (χ3v) is 3.11. The third-order valence-electron chi connectivity index (χ3n) is 3.11. The molecule has 0 aliphatic carbocycles. The van der Waals surface area contributed by atoms with Crippen molar-refractivity contribution in [3.63, 3.8) is 0 Å². The second-order valence-electron chi connectivity index (χ2n) is 5.73. The fraction of sp³-hybridized carbons (Fsp3) is 0.471. The number of hydrogen-bond donors (Lipinski definition) is 0. The number of ether oxygens (including phenoxy) is 1. The van der Waals surface area contributed by atoms with E-state index in [0.29, 0.717) is 0 Å². The number of nitrogens with zero attached hydrogens (tertiary/aromatic N) is 2. The SMILES string of the molecule is COc1cccc(C=CC(=O)C(CN(C)C)CN(C)C)c1. The zero-order valence-corrected chi connectivity index (χ0v) is 13.7. The minimum absolute atomic E-state index is 0.0168. The minimum Gasteiger partial charge on any atom is -0.497 e. The lowest BCUT2D eigenvalue weighted by Gasteiger charge is -2.22. The molecule has 0 aliphatic heterocycles. The van der Waals surface area contributed by atoms with Gasteiger partial charge in [-0.1, -0.05) is 18.2 Å². The average Bonchev–Trinajstić information content (AvgIpc) is 2.43. The van der Waals surface area contributed by atoms with E-state index in [4.69, 9.17) is 4.74 Å². The molecule has 0 heterocycles. The highest BCUT2D eigenvalue weighted by Gasteiger charge is 2.17. The van der Waals surface area contributed by atoms with Gasteiger partial charge in [-0.15, -0.1) is 0 Å². The van der Waals surface area contributed by atoms with E-state index in [2.05, 4.69) is 0 Å². The van der Waals surface area contributed by atoms with Crippen LogP contribution in [0.3, 0.4) is 0 Å². The molecule has 4 heteroatoms. The van der Waals surface area contributed by atoms with Crippen LogP contribution >= 0.6 is 0 Å². The van der Waals surface area contributed by atoms with Crippen molar-refractivity contribution >= 4 is 11.9 Å². The van der Waals surface area contributed by atoms with E-state index in [1.54, 1.807) is 13.2 Å². The first-order valence-corrected chi connectivity index (χ1v) is 7.08. The van der Waals surface area contributed by atoms with Gasteiger partial charge in [-0.3, -0.25) is 4.79 Å². The summed E-state index contributed by atoms with van der Waals surface area (Å²) in [5.41, 5.74) is 0.969. The summed E-state index contributed by atoms with van der Waals surface area (Å²) in [6.07, 6.45) is 3.52. The van der Waals surface area contributed by atoms with Gasteiger partial charge < -0.3 is 14.5 Å². The number of benzene rings is 1. The second-order valence-corrected chi connectivity index (χ2v) is 5.73. The molecule has 116 valence electrons. The lowest BCUT2D eigenvalue weighted by atomic mass is 10.0. The van der Waals surface area contributed by atoms with E-state index in [1.807, 2.05) is 68.3 Å². The monoisotopic (exact) mass is 290 g/mol. The van der Waals surface area contributed by atoms with Gasteiger partial charge in [0.1, 0.15) is 5.75 Å². The number of carbonyl (C=O) groups is 1. The largest absolute Gasteiger partial charge is 0.497 e. The molecule has 0 saturated carbocycles. The van der Waals surface area contributed by atoms with Crippen LogP contribution < -0.4 is 4.74 Å². The molecule has 0 N–H and O–H groups in total. The zero-order valence-electron chi connectivity index (χ0n) is 13.7. The summed E-state index contributed by atoms with van der Waals surface area (Å²) < 4.78 is 5.18. The molecule has 1 rings (SSSR count). The van der Waals surface area contributed by atoms with Gasteiger partial charge in [0.25, 0.3) is 0 Å². The van der Waals surface area contributed by atoms with E-state index < -0.39 is 0 Å². The summed E-state index contributed by atoms with van der Waals surface area (Å²) in [4.78, 5) is 16.5. The average molecular weight is 290 g/mol. The second kappa shape index (κ2) is 8.60. The molecular weight excluding hydrogens is 264 g/mol. The number of allylic oxidation sites excluding steroid dienone is 1. The Hall–Kier alpha value is -1.65. The number of carbonyl (C=O) groups excluding carboxylic acids is 1. The van der Waals surface area contributed by atoms with E-state index >= 15 is 0 Å². The van der Waals surface area contributed by atoms with Gasteiger partial charge in [0.2, 0.25) is 0 Å². The molecule has 0 spiro atoms. The normalized spacial score (nSPS) is 11.8. The predicted molar refractivity (Wildman–Crippen MR) is 87.6 cm³/mol. The summed E-state index contributed by atoms with van der Waals surface area (Å²) in [5, 5.41) is 0. The zero-order chi connectivity index (χ0) is 15.8. The summed E-state index contributed by atoms with van der Waals surface area (Å²) in [7, 11) is 9.59. The van der Waals surface area contributed by atoms with Crippen molar-refractivity contribution in [2.45, 2.75) is 0 Å². The Morgan fingerprint density at radius 1 is 1.19 bits per heavy atom. The molecule has 1 aromatic carbocycles. The third kappa shape index (κ3) is 6.56. The summed E-state index contributed by atoms with van der Waals surface area (Å²) >= 11 is 0. The van der Waals surface area contributed by atoms with Crippen LogP contribution in [0, 0.1) is 5.92 Å². The molecular formula is C17H26N2O2. The topological polar surface area (TPSA) is 32.8 Å². The Bertz CT molecular complexity index is 471. The molecule has 0 amide bonds. The van der Waals surface area contributed by atoms with Crippen LogP contribution in [-0.4, -0.2) is 64.0 Å². The highest BCUT2D eigenvalue weighted by atomic mass is 16.5. The Morgan fingerprint density at radius 2 is 1.81 bits per heavy atom. The Labute approximate surface area is 128 Å². The Kier molecular flexibility index (Phi) is 7.12. The molecule has 0 fully saturated rings. The van der Waals surface area contributed by atoms with E-state index in [9.17, 15) is 4.79 Å². The standard InChI is InChI=1S/C17H26N2O2/c1-18(2)12-15(13-19(3)4)17(20)10-9-14-7-6-8-16(11-14)21-5/h6-11,15H,12-13H2,1-5H3. The molecule has 0 bridgehead atoms. The summed E-state index contributed by atoms with van der Waals surface area (Å²) in [6.45, 7) is 1.50. The molecule has 0 atom stereocenters. The van der Waals surface area contributed by atoms with Gasteiger partial charge in [-0.05, 0) is 52.0 Å². The molecule has 0 aromatic heterocycles. The number of methoxy groups -OCH3 is 1. The van der Waals surface area contributed by atoms with Gasteiger partial charge in [-0.25, -0.2) is 0 Å². The van der Waals surface area contributed by atoms with E-state index in [-0.39, 0.29) is 11.7 Å². The fourth-order valence-corrected chi connectivity index (χ4v) is 2.18. The first-order chi connectivity index (χ1) is 9.92. The lowest BCUT2D eigenvalue weighted by molar-refractivity contribution is -0.119. The molecule has 0 radical (unpaired) electrons. The summed E-state index contributed by atoms with van der Waals surface area (Å²) in [6, 6.07) is 7.68. The molecule has 21 heavy (non-hydrogen) atoms. The van der Waals surface area contributed by atoms with Gasteiger partial charge >= 0.3 is 0 Å². The maximum Gasteiger partial charge on any atom is 0.161 e. The maximum absolute atomic E-state index is 12.4. The molecule has 1 aromatic rings. The number of ketones is 1. The van der Waals surface area contributed by atoms with Crippen LogP contribution in [0.1, 0.15) is 5.56 Å². The molecule has 0 unspecified atom stereocenters. The highest BCUT2D eigenvalue weighted by Crippen LogP contribution is 2.14. The number of rotatable bonds is 8. The minimum atomic E-state index is -0.0168. The molecule has 0 aliphatic rings. The van der Waals surface area contributed by atoms with Crippen molar-refractivity contribution in [1.29, 1.82) is 0 Å². The summed E-state index contributed by atoms with van der Waals surface area (Å²) in [5.74, 6) is 0.930. The highest BCUT2D eigenvalue weighted by molar-refractivity contribution is 5.95. The van der Waals surface area contributed by atoms with Crippen molar-refractivity contribution in [3.8, 4) is 5.75 Å². The van der Waals surface area contributed by atoms with Crippen LogP contribution in [0.2, 0.25) is 0 Å². The van der Waals surface area contributed by atoms with Crippen molar-refractivity contribution in [2.75, 3.05) is 48.4 Å². The van der Waals surface area contributed by atoms with Crippen molar-refractivity contribution in [3.05, 3.63) is 35.9 Å². The van der Waals surface area contributed by atoms with E-state index in [0.717, 1.165) is 24.4 Å². The van der Waals surface area contributed by atoms with Crippen LogP contribution in [0.4, 0.5) is 0 Å². The fourth-order valence-electron chi connectivity index (χ4n) is 2.18. The Balaban J connectivity index is 2.76. The van der Waals surface area contributed by atoms with Crippen molar-refractivity contribution in [2.24, 2.45) is 5.92 Å². The van der Waals surface area contributed by atoms with Crippen LogP contribution in [0.5, 0.6) is 5.75 Å². The van der Waals surface area contributed by atoms with Gasteiger partial charge in [0, 0.05) is 19.0 Å². The van der Waals surface area contributed by atoms with Gasteiger partial charge in [0.05, 0.1) is 7.11 Å². The van der Waals surface area contributed by atoms with Gasteiger partial charge in [-0.2, -0.15) is 0 Å². The first-order valence-electron chi connectivity index (χ1n) is 7.08. The Morgan fingerprint density at radius 3 is 2.33 bits per heavy atom. The number of hydrogen-bond acceptors (Lipinski definition) is 4. The molecule has 4 nitrogen and oxygen atoms in total. The van der Waals surface area contributed by atoms with E-state index in [1.165, 1.54) is 0 Å². The van der Waals surface area contributed by atoms with Crippen LogP contribution in [-0.2, 0) is 4.79 Å². The van der Waals surface area contributed by atoms with Crippen LogP contribution in [0.15, 0.2) is 30.3 Å². The van der Waals surface area contributed by atoms with Gasteiger partial charge in [0.15, 0.2) is 5.78 Å². The van der Waals surface area contributed by atoms with Crippen molar-refractivity contribution in [1.82, 2.24) is 9.80 Å². The first kappa shape index (κ1) is 17.4. The lowest BCUT2D eigenvalue weighted by Crippen LogP contribution is -2.34. The predicted octanol–water partition coefficient (Wildman–Crippen LogP) is 2.02. The smallest absolute Gasteiger partial charge is 0.161 e.